The topological polar surface area (TPSA) is 109 Å². The number of β-amino-alcohol motifs (C(OH)–C–C–N with tert-alkyl or cyclic N) is 1. The Hall–Kier alpha value is -2.35. The minimum absolute atomic E-state index is 0.00555. The van der Waals surface area contributed by atoms with Gasteiger partial charge >= 0.3 is 5.97 Å². The SMILES string of the molecule is C[C@H](NC(=O)COC(=O)[C@H]1C[C@@H](O)CN1C(=O)C12CC3CC(CC(C3)C1)C2)c1ccco1. The summed E-state index contributed by atoms with van der Waals surface area (Å²) < 4.78 is 10.5. The second kappa shape index (κ2) is 8.21. The molecule has 1 saturated heterocycles. The van der Waals surface area contributed by atoms with Crippen LogP contribution in [0.15, 0.2) is 22.8 Å². The van der Waals surface area contributed by atoms with E-state index in [0.717, 1.165) is 19.3 Å². The van der Waals surface area contributed by atoms with Gasteiger partial charge in [0.2, 0.25) is 5.91 Å². The molecule has 5 aliphatic rings. The van der Waals surface area contributed by atoms with Gasteiger partial charge in [-0.3, -0.25) is 9.59 Å². The van der Waals surface area contributed by atoms with Gasteiger partial charge in [0.05, 0.1) is 23.8 Å². The zero-order valence-corrected chi connectivity index (χ0v) is 18.5. The number of hydrogen-bond donors (Lipinski definition) is 2. The van der Waals surface area contributed by atoms with Gasteiger partial charge in [0.15, 0.2) is 6.61 Å². The first-order valence-corrected chi connectivity index (χ1v) is 11.8. The summed E-state index contributed by atoms with van der Waals surface area (Å²) in [5.74, 6) is 1.39. The van der Waals surface area contributed by atoms with E-state index in [-0.39, 0.29) is 30.3 Å². The van der Waals surface area contributed by atoms with E-state index in [9.17, 15) is 19.5 Å². The molecule has 174 valence electrons. The van der Waals surface area contributed by atoms with Gasteiger partial charge in [0.25, 0.3) is 5.91 Å². The largest absolute Gasteiger partial charge is 0.467 e. The fourth-order valence-corrected chi connectivity index (χ4v) is 7.06. The summed E-state index contributed by atoms with van der Waals surface area (Å²) in [4.78, 5) is 40.3. The number of hydrogen-bond acceptors (Lipinski definition) is 6. The van der Waals surface area contributed by atoms with Crippen LogP contribution in [-0.4, -0.2) is 53.1 Å². The van der Waals surface area contributed by atoms with E-state index >= 15 is 0 Å². The average molecular weight is 445 g/mol. The Labute approximate surface area is 187 Å². The highest BCUT2D eigenvalue weighted by atomic mass is 16.5. The van der Waals surface area contributed by atoms with Crippen LogP contribution in [0.5, 0.6) is 0 Å². The van der Waals surface area contributed by atoms with Gasteiger partial charge in [0.1, 0.15) is 11.8 Å². The van der Waals surface area contributed by atoms with Crippen molar-refractivity contribution < 1.29 is 28.6 Å². The molecule has 0 aromatic carbocycles. The normalized spacial score (nSPS) is 36.2. The standard InChI is InChI=1S/C24H32N2O6/c1-14(20-3-2-4-31-20)25-21(28)13-32-22(29)19-8-18(27)12-26(19)23(30)24-9-15-5-16(10-24)7-17(6-15)11-24/h2-4,14-19,27H,5-13H2,1H3,(H,25,28)/t14-,15?,16?,17?,18+,19+,24?/m0/s1. The van der Waals surface area contributed by atoms with Gasteiger partial charge in [-0.2, -0.15) is 0 Å². The Morgan fingerprint density at radius 2 is 1.84 bits per heavy atom. The number of amides is 2. The maximum atomic E-state index is 13.7. The molecule has 0 spiro atoms. The number of likely N-dealkylation sites (tertiary alicyclic amines) is 1. The predicted molar refractivity (Wildman–Crippen MR) is 113 cm³/mol. The van der Waals surface area contributed by atoms with E-state index in [1.807, 2.05) is 0 Å². The summed E-state index contributed by atoms with van der Waals surface area (Å²) in [6.07, 6.45) is 7.32. The maximum Gasteiger partial charge on any atom is 0.329 e. The maximum absolute atomic E-state index is 13.7. The van der Waals surface area contributed by atoms with Gasteiger partial charge in [-0.25, -0.2) is 4.79 Å². The van der Waals surface area contributed by atoms with Gasteiger partial charge in [-0.05, 0) is 75.3 Å². The molecule has 0 unspecified atom stereocenters. The lowest BCUT2D eigenvalue weighted by Gasteiger charge is -2.56. The highest BCUT2D eigenvalue weighted by Crippen LogP contribution is 2.60. The van der Waals surface area contributed by atoms with Crippen LogP contribution in [0, 0.1) is 23.2 Å². The number of nitrogens with zero attached hydrogens (tertiary/aromatic N) is 1. The van der Waals surface area contributed by atoms with E-state index in [0.29, 0.717) is 23.5 Å². The highest BCUT2D eigenvalue weighted by molar-refractivity contribution is 5.90. The van der Waals surface area contributed by atoms with Gasteiger partial charge in [0, 0.05) is 13.0 Å². The number of nitrogens with one attached hydrogen (secondary N) is 1. The lowest BCUT2D eigenvalue weighted by Crippen LogP contribution is -2.56. The summed E-state index contributed by atoms with van der Waals surface area (Å²) in [6.45, 7) is 1.50. The summed E-state index contributed by atoms with van der Waals surface area (Å²) in [5.41, 5.74) is -0.382. The van der Waals surface area contributed by atoms with Crippen molar-refractivity contribution in [1.82, 2.24) is 10.2 Å². The average Bonchev–Trinajstić information content (AvgIpc) is 3.40. The number of carbonyl (C=O) groups is 3. The van der Waals surface area contributed by atoms with Crippen molar-refractivity contribution in [3.8, 4) is 0 Å². The lowest BCUT2D eigenvalue weighted by molar-refractivity contribution is -0.166. The van der Waals surface area contributed by atoms with E-state index in [4.69, 9.17) is 9.15 Å². The third-order valence-electron chi connectivity index (χ3n) is 8.00. The molecule has 4 saturated carbocycles. The first kappa shape index (κ1) is 21.5. The van der Waals surface area contributed by atoms with Crippen LogP contribution in [0.2, 0.25) is 0 Å². The minimum Gasteiger partial charge on any atom is -0.467 e. The molecule has 32 heavy (non-hydrogen) atoms. The molecule has 5 fully saturated rings. The van der Waals surface area contributed by atoms with Crippen molar-refractivity contribution in [1.29, 1.82) is 0 Å². The Kier molecular flexibility index (Phi) is 5.51. The van der Waals surface area contributed by atoms with Crippen molar-refractivity contribution >= 4 is 17.8 Å². The van der Waals surface area contributed by atoms with Crippen LogP contribution in [-0.2, 0) is 19.1 Å². The van der Waals surface area contributed by atoms with E-state index in [2.05, 4.69) is 5.32 Å². The number of rotatable bonds is 6. The van der Waals surface area contributed by atoms with Crippen LogP contribution in [0.4, 0.5) is 0 Å². The molecule has 1 aromatic rings. The molecule has 2 heterocycles. The monoisotopic (exact) mass is 444 g/mol. The number of carbonyl (C=O) groups excluding carboxylic acids is 3. The number of aliphatic hydroxyl groups is 1. The molecule has 2 amide bonds. The van der Waals surface area contributed by atoms with Crippen molar-refractivity contribution in [2.45, 2.75) is 70.1 Å². The summed E-state index contributed by atoms with van der Waals surface area (Å²) in [7, 11) is 0. The Balaban J connectivity index is 1.20. The quantitative estimate of drug-likeness (QED) is 0.651. The third-order valence-corrected chi connectivity index (χ3v) is 8.00. The second-order valence-corrected chi connectivity index (χ2v) is 10.5. The fourth-order valence-electron chi connectivity index (χ4n) is 7.06. The molecule has 6 rings (SSSR count). The molecule has 4 aliphatic carbocycles. The van der Waals surface area contributed by atoms with Crippen LogP contribution < -0.4 is 5.32 Å². The van der Waals surface area contributed by atoms with Crippen molar-refractivity contribution in [2.75, 3.05) is 13.2 Å². The third kappa shape index (κ3) is 3.93. The summed E-state index contributed by atoms with van der Waals surface area (Å²) in [5, 5.41) is 13.0. The van der Waals surface area contributed by atoms with Crippen LogP contribution in [0.3, 0.4) is 0 Å². The second-order valence-electron chi connectivity index (χ2n) is 10.5. The summed E-state index contributed by atoms with van der Waals surface area (Å²) >= 11 is 0. The van der Waals surface area contributed by atoms with E-state index in [1.165, 1.54) is 25.5 Å². The number of ether oxygens (including phenoxy) is 1. The molecular weight excluding hydrogens is 412 g/mol. The van der Waals surface area contributed by atoms with Gasteiger partial charge < -0.3 is 24.5 Å². The Bertz CT molecular complexity index is 846. The molecule has 1 aromatic heterocycles. The zero-order valence-electron chi connectivity index (χ0n) is 18.5. The molecule has 0 radical (unpaired) electrons. The Morgan fingerprint density at radius 1 is 1.19 bits per heavy atom. The fraction of sp³-hybridized carbons (Fsp3) is 0.708. The van der Waals surface area contributed by atoms with Crippen molar-refractivity contribution in [2.24, 2.45) is 23.2 Å². The van der Waals surface area contributed by atoms with Crippen molar-refractivity contribution in [3.63, 3.8) is 0 Å². The number of aliphatic hydroxyl groups excluding tert-OH is 1. The van der Waals surface area contributed by atoms with Crippen LogP contribution in [0.25, 0.3) is 0 Å². The molecule has 8 nitrogen and oxygen atoms in total. The van der Waals surface area contributed by atoms with E-state index < -0.39 is 30.6 Å². The molecule has 4 bridgehead atoms. The predicted octanol–water partition coefficient (Wildman–Crippen LogP) is 2.18. The van der Waals surface area contributed by atoms with Crippen LogP contribution in [0.1, 0.15) is 63.7 Å². The highest BCUT2D eigenvalue weighted by Gasteiger charge is 2.57. The first-order valence-electron chi connectivity index (χ1n) is 11.8. The number of furan rings is 1. The molecular formula is C24H32N2O6. The summed E-state index contributed by atoms with van der Waals surface area (Å²) in [6, 6.07) is 2.31. The van der Waals surface area contributed by atoms with Gasteiger partial charge in [-0.1, -0.05) is 0 Å². The lowest BCUT2D eigenvalue weighted by atomic mass is 9.49. The molecule has 8 heteroatoms. The first-order chi connectivity index (χ1) is 15.3. The molecule has 2 N–H and O–H groups in total. The molecule has 1 aliphatic heterocycles. The van der Waals surface area contributed by atoms with Crippen LogP contribution >= 0.6 is 0 Å². The number of esters is 1. The minimum atomic E-state index is -0.833. The zero-order chi connectivity index (χ0) is 22.5. The smallest absolute Gasteiger partial charge is 0.329 e. The van der Waals surface area contributed by atoms with Gasteiger partial charge in [-0.15, -0.1) is 0 Å². The Morgan fingerprint density at radius 3 is 2.44 bits per heavy atom. The van der Waals surface area contributed by atoms with Crippen molar-refractivity contribution in [3.05, 3.63) is 24.2 Å². The van der Waals surface area contributed by atoms with E-state index in [1.54, 1.807) is 24.0 Å². The molecule has 3 atom stereocenters.